The summed E-state index contributed by atoms with van der Waals surface area (Å²) >= 11 is 1.37. The van der Waals surface area contributed by atoms with Gasteiger partial charge in [-0.15, -0.1) is 20.4 Å². The Morgan fingerprint density at radius 1 is 1.00 bits per heavy atom. The van der Waals surface area contributed by atoms with E-state index in [0.29, 0.717) is 35.1 Å². The van der Waals surface area contributed by atoms with Gasteiger partial charge in [-0.1, -0.05) is 23.9 Å². The molecule has 0 bridgehead atoms. The summed E-state index contributed by atoms with van der Waals surface area (Å²) in [7, 11) is 1.64. The highest BCUT2D eigenvalue weighted by Crippen LogP contribution is 2.22. The van der Waals surface area contributed by atoms with Gasteiger partial charge in [0.1, 0.15) is 5.75 Å². The van der Waals surface area contributed by atoms with Crippen molar-refractivity contribution in [3.63, 3.8) is 0 Å². The second kappa shape index (κ2) is 6.61. The highest BCUT2D eigenvalue weighted by atomic mass is 32.2. The molecule has 0 N–H and O–H groups in total. The van der Waals surface area contributed by atoms with Gasteiger partial charge in [0.05, 0.1) is 19.3 Å². The fraction of sp³-hybridized carbons (Fsp3) is 0.286. The first-order valence-electron chi connectivity index (χ1n) is 6.60. The maximum atomic E-state index is 5.59. The molecule has 7 nitrogen and oxygen atoms in total. The van der Waals surface area contributed by atoms with E-state index in [4.69, 9.17) is 13.6 Å². The van der Waals surface area contributed by atoms with Gasteiger partial charge in [-0.2, -0.15) is 0 Å². The standard InChI is InChI=1S/C14H14N4O3S/c1-9-15-17-13(20-9)8-22-14-18-16-12(21-14)7-10-3-5-11(19-2)6-4-10/h3-6H,7-8H2,1-2H3. The number of aromatic nitrogens is 4. The van der Waals surface area contributed by atoms with Gasteiger partial charge in [0, 0.05) is 6.92 Å². The lowest BCUT2D eigenvalue weighted by Gasteiger charge is -2.00. The summed E-state index contributed by atoms with van der Waals surface area (Å²) in [4.78, 5) is 0. The van der Waals surface area contributed by atoms with E-state index in [9.17, 15) is 0 Å². The lowest BCUT2D eigenvalue weighted by Crippen LogP contribution is -1.89. The first kappa shape index (κ1) is 14.6. The Kier molecular flexibility index (Phi) is 4.38. The fourth-order valence-corrected chi connectivity index (χ4v) is 2.42. The molecule has 0 saturated carbocycles. The molecule has 8 heteroatoms. The highest BCUT2D eigenvalue weighted by Gasteiger charge is 2.10. The third-order valence-electron chi connectivity index (χ3n) is 2.85. The van der Waals surface area contributed by atoms with Gasteiger partial charge in [0.15, 0.2) is 0 Å². The van der Waals surface area contributed by atoms with Crippen LogP contribution in [0.25, 0.3) is 0 Å². The molecule has 0 radical (unpaired) electrons. The van der Waals surface area contributed by atoms with Crippen molar-refractivity contribution in [1.82, 2.24) is 20.4 Å². The van der Waals surface area contributed by atoms with E-state index in [-0.39, 0.29) is 0 Å². The van der Waals surface area contributed by atoms with Gasteiger partial charge in [-0.3, -0.25) is 0 Å². The smallest absolute Gasteiger partial charge is 0.277 e. The Hall–Kier alpha value is -2.35. The second-order valence-electron chi connectivity index (χ2n) is 4.49. The summed E-state index contributed by atoms with van der Waals surface area (Å²) in [6.45, 7) is 1.75. The third-order valence-corrected chi connectivity index (χ3v) is 3.65. The van der Waals surface area contributed by atoms with Crippen LogP contribution in [0.5, 0.6) is 5.75 Å². The number of methoxy groups -OCH3 is 1. The highest BCUT2D eigenvalue weighted by molar-refractivity contribution is 7.98. The summed E-state index contributed by atoms with van der Waals surface area (Å²) in [5.41, 5.74) is 1.08. The Balaban J connectivity index is 1.58. The third kappa shape index (κ3) is 3.64. The summed E-state index contributed by atoms with van der Waals surface area (Å²) in [6.07, 6.45) is 0.581. The lowest BCUT2D eigenvalue weighted by molar-refractivity contribution is 0.413. The second-order valence-corrected chi connectivity index (χ2v) is 5.42. The largest absolute Gasteiger partial charge is 0.497 e. The molecule has 0 aliphatic rings. The zero-order valence-electron chi connectivity index (χ0n) is 12.1. The first-order chi connectivity index (χ1) is 10.7. The number of nitrogens with zero attached hydrogens (tertiary/aromatic N) is 4. The molecule has 114 valence electrons. The average Bonchev–Trinajstić information content (AvgIpc) is 3.15. The Labute approximate surface area is 131 Å². The summed E-state index contributed by atoms with van der Waals surface area (Å²) in [6, 6.07) is 7.74. The fourth-order valence-electron chi connectivity index (χ4n) is 1.81. The van der Waals surface area contributed by atoms with E-state index >= 15 is 0 Å². The van der Waals surface area contributed by atoms with Crippen LogP contribution in [-0.2, 0) is 12.2 Å². The topological polar surface area (TPSA) is 87.1 Å². The van der Waals surface area contributed by atoms with Crippen LogP contribution in [0.2, 0.25) is 0 Å². The van der Waals surface area contributed by atoms with Crippen molar-refractivity contribution in [1.29, 1.82) is 0 Å². The van der Waals surface area contributed by atoms with Crippen molar-refractivity contribution >= 4 is 11.8 Å². The van der Waals surface area contributed by atoms with Crippen LogP contribution >= 0.6 is 11.8 Å². The van der Waals surface area contributed by atoms with E-state index in [2.05, 4.69) is 20.4 Å². The van der Waals surface area contributed by atoms with Gasteiger partial charge in [0.25, 0.3) is 5.22 Å². The number of benzene rings is 1. The van der Waals surface area contributed by atoms with Crippen LogP contribution in [0.1, 0.15) is 23.2 Å². The molecular formula is C14H14N4O3S. The molecule has 2 heterocycles. The van der Waals surface area contributed by atoms with Gasteiger partial charge in [-0.25, -0.2) is 0 Å². The number of hydrogen-bond acceptors (Lipinski definition) is 8. The van der Waals surface area contributed by atoms with Crippen molar-refractivity contribution < 1.29 is 13.6 Å². The Morgan fingerprint density at radius 3 is 2.45 bits per heavy atom. The van der Waals surface area contributed by atoms with Crippen molar-refractivity contribution in [3.8, 4) is 5.75 Å². The SMILES string of the molecule is COc1ccc(Cc2nnc(SCc3nnc(C)o3)o2)cc1. The van der Waals surface area contributed by atoms with Crippen molar-refractivity contribution in [2.45, 2.75) is 24.3 Å². The number of hydrogen-bond donors (Lipinski definition) is 0. The molecule has 0 saturated heterocycles. The molecule has 3 aromatic rings. The molecule has 0 atom stereocenters. The molecule has 0 unspecified atom stereocenters. The van der Waals surface area contributed by atoms with Crippen LogP contribution < -0.4 is 4.74 Å². The predicted molar refractivity (Wildman–Crippen MR) is 78.7 cm³/mol. The van der Waals surface area contributed by atoms with E-state index in [1.807, 2.05) is 24.3 Å². The quantitative estimate of drug-likeness (QED) is 0.641. The molecule has 1 aromatic carbocycles. The predicted octanol–water partition coefficient (Wildman–Crippen LogP) is 2.65. The minimum atomic E-state index is 0.486. The lowest BCUT2D eigenvalue weighted by atomic mass is 10.1. The monoisotopic (exact) mass is 318 g/mol. The zero-order valence-corrected chi connectivity index (χ0v) is 13.0. The molecule has 0 spiro atoms. The van der Waals surface area contributed by atoms with Gasteiger partial charge in [-0.05, 0) is 17.7 Å². The van der Waals surface area contributed by atoms with Gasteiger partial charge < -0.3 is 13.6 Å². The van der Waals surface area contributed by atoms with E-state index in [1.54, 1.807) is 14.0 Å². The molecular weight excluding hydrogens is 304 g/mol. The molecule has 0 aliphatic heterocycles. The van der Waals surface area contributed by atoms with E-state index < -0.39 is 0 Å². The maximum Gasteiger partial charge on any atom is 0.277 e. The molecule has 0 fully saturated rings. The minimum absolute atomic E-state index is 0.486. The summed E-state index contributed by atoms with van der Waals surface area (Å²) in [5, 5.41) is 16.2. The number of rotatable bonds is 6. The molecule has 0 amide bonds. The minimum Gasteiger partial charge on any atom is -0.497 e. The average molecular weight is 318 g/mol. The molecule has 22 heavy (non-hydrogen) atoms. The Bertz CT molecular complexity index is 739. The number of thioether (sulfide) groups is 1. The van der Waals surface area contributed by atoms with Gasteiger partial charge >= 0.3 is 0 Å². The number of aryl methyl sites for hydroxylation is 1. The van der Waals surface area contributed by atoms with Crippen LogP contribution in [0.15, 0.2) is 38.3 Å². The van der Waals surface area contributed by atoms with Crippen LogP contribution in [0.4, 0.5) is 0 Å². The van der Waals surface area contributed by atoms with Gasteiger partial charge in [0.2, 0.25) is 17.7 Å². The van der Waals surface area contributed by atoms with Crippen LogP contribution in [0, 0.1) is 6.92 Å². The van der Waals surface area contributed by atoms with Crippen LogP contribution in [0.3, 0.4) is 0 Å². The van der Waals surface area contributed by atoms with Crippen molar-refractivity contribution in [2.24, 2.45) is 0 Å². The van der Waals surface area contributed by atoms with E-state index in [0.717, 1.165) is 11.3 Å². The molecule has 3 rings (SSSR count). The Morgan fingerprint density at radius 2 is 1.77 bits per heavy atom. The van der Waals surface area contributed by atoms with Crippen LogP contribution in [-0.4, -0.2) is 27.5 Å². The van der Waals surface area contributed by atoms with Crippen molar-refractivity contribution in [2.75, 3.05) is 7.11 Å². The maximum absolute atomic E-state index is 5.59. The molecule has 2 aromatic heterocycles. The molecule has 0 aliphatic carbocycles. The zero-order chi connectivity index (χ0) is 15.4. The van der Waals surface area contributed by atoms with E-state index in [1.165, 1.54) is 11.8 Å². The number of ether oxygens (including phenoxy) is 1. The first-order valence-corrected chi connectivity index (χ1v) is 7.58. The summed E-state index contributed by atoms with van der Waals surface area (Å²) < 4.78 is 16.0. The van der Waals surface area contributed by atoms with Crippen molar-refractivity contribution in [3.05, 3.63) is 47.5 Å². The summed E-state index contributed by atoms with van der Waals surface area (Å²) in [5.74, 6) is 2.97. The normalized spacial score (nSPS) is 10.8.